The van der Waals surface area contributed by atoms with E-state index < -0.39 is 22.7 Å². The van der Waals surface area contributed by atoms with Crippen LogP contribution in [0.1, 0.15) is 26.3 Å². The quantitative estimate of drug-likeness (QED) is 0.664. The molecule has 0 radical (unpaired) electrons. The monoisotopic (exact) mass is 286 g/mol. The van der Waals surface area contributed by atoms with Crippen molar-refractivity contribution in [3.63, 3.8) is 0 Å². The fourth-order valence-corrected chi connectivity index (χ4v) is 1.93. The zero-order valence-electron chi connectivity index (χ0n) is 11.4. The largest absolute Gasteiger partial charge is 0.476 e. The van der Waals surface area contributed by atoms with Gasteiger partial charge in [-0.15, -0.1) is 0 Å². The first-order valence-corrected chi connectivity index (χ1v) is 6.96. The minimum atomic E-state index is -2.03. The van der Waals surface area contributed by atoms with E-state index in [-0.39, 0.29) is 6.61 Å². The van der Waals surface area contributed by atoms with Crippen molar-refractivity contribution >= 4 is 17.0 Å². The predicted octanol–water partition coefficient (Wildman–Crippen LogP) is 2.30. The molecule has 0 bridgehead atoms. The van der Waals surface area contributed by atoms with Gasteiger partial charge in [0.1, 0.15) is 5.75 Å². The third kappa shape index (κ3) is 4.04. The number of ether oxygens (including phenoxy) is 2. The Balaban J connectivity index is 2.93. The van der Waals surface area contributed by atoms with Crippen LogP contribution in [-0.4, -0.2) is 26.9 Å². The first-order valence-electron chi connectivity index (χ1n) is 5.85. The number of aryl methyl sites for hydroxylation is 1. The number of hydrogen-bond donors (Lipinski definition) is 1. The Bertz CT molecular complexity index is 496. The summed E-state index contributed by atoms with van der Waals surface area (Å²) in [5.41, 5.74) is -0.432. The molecule has 0 aliphatic heterocycles. The average molecular weight is 286 g/mol. The Kier molecular flexibility index (Phi) is 5.08. The Morgan fingerprint density at radius 3 is 2.53 bits per heavy atom. The lowest BCUT2D eigenvalue weighted by Gasteiger charge is -2.25. The van der Waals surface area contributed by atoms with Crippen LogP contribution >= 0.6 is 0 Å². The molecule has 0 heterocycles. The highest BCUT2D eigenvalue weighted by Crippen LogP contribution is 2.25. The van der Waals surface area contributed by atoms with E-state index in [0.29, 0.717) is 16.2 Å². The molecule has 0 amide bonds. The summed E-state index contributed by atoms with van der Waals surface area (Å²) in [5.74, 6) is 0.0245. The highest BCUT2D eigenvalue weighted by molar-refractivity contribution is 7.79. The summed E-state index contributed by atoms with van der Waals surface area (Å²) in [7, 11) is 0. The average Bonchev–Trinajstić information content (AvgIpc) is 2.31. The van der Waals surface area contributed by atoms with Crippen LogP contribution in [0.5, 0.6) is 5.75 Å². The molecule has 0 aliphatic carbocycles. The minimum Gasteiger partial charge on any atom is -0.476 e. The Hall–Kier alpha value is -1.40. The summed E-state index contributed by atoms with van der Waals surface area (Å²) in [4.78, 5) is 12.0. The molecule has 0 spiro atoms. The van der Waals surface area contributed by atoms with Gasteiger partial charge in [0.25, 0.3) is 0 Å². The summed E-state index contributed by atoms with van der Waals surface area (Å²) >= 11 is -2.03. The van der Waals surface area contributed by atoms with Crippen LogP contribution in [-0.2, 0) is 20.6 Å². The number of rotatable bonds is 5. The van der Waals surface area contributed by atoms with Gasteiger partial charge >= 0.3 is 5.97 Å². The van der Waals surface area contributed by atoms with E-state index in [9.17, 15) is 9.00 Å². The van der Waals surface area contributed by atoms with Crippen LogP contribution in [0.15, 0.2) is 23.1 Å². The maximum absolute atomic E-state index is 11.7. The molecule has 5 nitrogen and oxygen atoms in total. The smallest absolute Gasteiger partial charge is 0.349 e. The van der Waals surface area contributed by atoms with Gasteiger partial charge in [-0.25, -0.2) is 9.00 Å². The molecule has 0 aliphatic rings. The molecule has 0 fully saturated rings. The van der Waals surface area contributed by atoms with Gasteiger partial charge in [-0.05, 0) is 51.5 Å². The number of esters is 1. The second-order valence-electron chi connectivity index (χ2n) is 4.51. The van der Waals surface area contributed by atoms with Crippen molar-refractivity contribution in [2.24, 2.45) is 0 Å². The zero-order valence-corrected chi connectivity index (χ0v) is 12.2. The molecule has 1 N–H and O–H groups in total. The van der Waals surface area contributed by atoms with Crippen molar-refractivity contribution in [2.75, 3.05) is 6.61 Å². The molecular formula is C13H18O5S. The maximum atomic E-state index is 11.7. The van der Waals surface area contributed by atoms with Crippen LogP contribution < -0.4 is 4.74 Å². The highest BCUT2D eigenvalue weighted by Gasteiger charge is 2.32. The lowest BCUT2D eigenvalue weighted by atomic mass is 10.1. The van der Waals surface area contributed by atoms with Crippen LogP contribution in [0.2, 0.25) is 0 Å². The van der Waals surface area contributed by atoms with Crippen molar-refractivity contribution in [3.8, 4) is 5.75 Å². The SMILES string of the molecule is CCOC(=O)C(C)(C)Oc1ccc(S(=O)O)cc1C. The van der Waals surface area contributed by atoms with Gasteiger partial charge < -0.3 is 14.0 Å². The summed E-state index contributed by atoms with van der Waals surface area (Å²) < 4.78 is 30.5. The van der Waals surface area contributed by atoms with E-state index >= 15 is 0 Å². The Morgan fingerprint density at radius 2 is 2.05 bits per heavy atom. The van der Waals surface area contributed by atoms with Gasteiger partial charge in [-0.2, -0.15) is 0 Å². The lowest BCUT2D eigenvalue weighted by molar-refractivity contribution is -0.158. The molecule has 1 atom stereocenters. The van der Waals surface area contributed by atoms with E-state index in [4.69, 9.17) is 14.0 Å². The predicted molar refractivity (Wildman–Crippen MR) is 71.6 cm³/mol. The van der Waals surface area contributed by atoms with Crippen LogP contribution in [0.4, 0.5) is 0 Å². The van der Waals surface area contributed by atoms with E-state index in [2.05, 4.69) is 0 Å². The number of carbonyl (C=O) groups is 1. The molecule has 1 unspecified atom stereocenters. The third-order valence-electron chi connectivity index (χ3n) is 2.48. The van der Waals surface area contributed by atoms with Crippen molar-refractivity contribution in [3.05, 3.63) is 23.8 Å². The fraction of sp³-hybridized carbons (Fsp3) is 0.462. The van der Waals surface area contributed by atoms with E-state index in [1.165, 1.54) is 6.07 Å². The molecule has 1 rings (SSSR count). The van der Waals surface area contributed by atoms with Gasteiger partial charge in [0, 0.05) is 0 Å². The third-order valence-corrected chi connectivity index (χ3v) is 3.14. The van der Waals surface area contributed by atoms with E-state index in [0.717, 1.165) is 0 Å². The molecule has 0 saturated heterocycles. The minimum absolute atomic E-state index is 0.285. The lowest BCUT2D eigenvalue weighted by Crippen LogP contribution is -2.39. The first-order chi connectivity index (χ1) is 8.77. The van der Waals surface area contributed by atoms with E-state index in [1.807, 2.05) is 0 Å². The molecule has 6 heteroatoms. The van der Waals surface area contributed by atoms with Gasteiger partial charge in [0.2, 0.25) is 0 Å². The van der Waals surface area contributed by atoms with Gasteiger partial charge in [0.05, 0.1) is 11.5 Å². The van der Waals surface area contributed by atoms with Gasteiger partial charge in [-0.3, -0.25) is 0 Å². The van der Waals surface area contributed by atoms with Gasteiger partial charge in [-0.1, -0.05) is 0 Å². The summed E-state index contributed by atoms with van der Waals surface area (Å²) in [5, 5.41) is 0. The number of benzene rings is 1. The maximum Gasteiger partial charge on any atom is 0.349 e. The molecule has 0 aromatic heterocycles. The molecule has 19 heavy (non-hydrogen) atoms. The standard InChI is InChI=1S/C13H18O5S/c1-5-17-12(14)13(3,4)18-11-7-6-10(19(15)16)8-9(11)2/h6-8H,5H2,1-4H3,(H,15,16). The molecule has 0 saturated carbocycles. The van der Waals surface area contributed by atoms with Gasteiger partial charge in [0.15, 0.2) is 16.7 Å². The van der Waals surface area contributed by atoms with Crippen molar-refractivity contribution in [2.45, 2.75) is 38.2 Å². The van der Waals surface area contributed by atoms with Crippen LogP contribution in [0.25, 0.3) is 0 Å². The van der Waals surface area contributed by atoms with Crippen LogP contribution in [0.3, 0.4) is 0 Å². The van der Waals surface area contributed by atoms with Crippen LogP contribution in [0, 0.1) is 6.92 Å². The highest BCUT2D eigenvalue weighted by atomic mass is 32.2. The van der Waals surface area contributed by atoms with Crippen molar-refractivity contribution in [1.82, 2.24) is 0 Å². The van der Waals surface area contributed by atoms with E-state index in [1.54, 1.807) is 39.8 Å². The molecular weight excluding hydrogens is 268 g/mol. The van der Waals surface area contributed by atoms with Crippen molar-refractivity contribution < 1.29 is 23.0 Å². The molecule has 106 valence electrons. The molecule has 1 aromatic rings. The Labute approximate surface area is 115 Å². The zero-order chi connectivity index (χ0) is 14.6. The normalized spacial score (nSPS) is 12.9. The fourth-order valence-electron chi connectivity index (χ4n) is 1.47. The number of hydrogen-bond acceptors (Lipinski definition) is 4. The molecule has 1 aromatic carbocycles. The van der Waals surface area contributed by atoms with Crippen molar-refractivity contribution in [1.29, 1.82) is 0 Å². The Morgan fingerprint density at radius 1 is 1.42 bits per heavy atom. The number of carbonyl (C=O) groups excluding carboxylic acids is 1. The second kappa shape index (κ2) is 6.16. The topological polar surface area (TPSA) is 72.8 Å². The summed E-state index contributed by atoms with van der Waals surface area (Å²) in [6.45, 7) is 6.98. The second-order valence-corrected chi connectivity index (χ2v) is 5.48. The summed E-state index contributed by atoms with van der Waals surface area (Å²) in [6, 6.07) is 4.60. The first kappa shape index (κ1) is 15.7. The summed E-state index contributed by atoms with van der Waals surface area (Å²) in [6.07, 6.45) is 0.